The number of hydrogen-bond acceptors (Lipinski definition) is 3. The third-order valence-corrected chi connectivity index (χ3v) is 4.10. The predicted molar refractivity (Wildman–Crippen MR) is 85.9 cm³/mol. The van der Waals surface area contributed by atoms with Gasteiger partial charge in [0.05, 0.1) is 12.1 Å². The molecule has 1 atom stereocenters. The largest absolute Gasteiger partial charge is 1.00 e. The zero-order valence-electron chi connectivity index (χ0n) is 14.9. The van der Waals surface area contributed by atoms with E-state index in [0.717, 1.165) is 19.3 Å². The van der Waals surface area contributed by atoms with E-state index in [2.05, 4.69) is 6.92 Å². The van der Waals surface area contributed by atoms with Crippen LogP contribution in [0.4, 0.5) is 0 Å². The van der Waals surface area contributed by atoms with Crippen molar-refractivity contribution in [3.63, 3.8) is 0 Å². The van der Waals surface area contributed by atoms with Gasteiger partial charge >= 0.3 is 29.6 Å². The second-order valence-corrected chi connectivity index (χ2v) is 6.22. The summed E-state index contributed by atoms with van der Waals surface area (Å²) in [5.41, 5.74) is 0. The van der Waals surface area contributed by atoms with Gasteiger partial charge in [0.2, 0.25) is 0 Å². The van der Waals surface area contributed by atoms with Crippen LogP contribution in [-0.2, 0) is 4.79 Å². The molecule has 0 aliphatic rings. The van der Waals surface area contributed by atoms with Crippen molar-refractivity contribution in [1.82, 2.24) is 0 Å². The van der Waals surface area contributed by atoms with Crippen molar-refractivity contribution in [3.8, 4) is 0 Å². The molecular weight excluding hydrogens is 287 g/mol. The molecule has 0 fully saturated rings. The molecule has 126 valence electrons. The fraction of sp³-hybridized carbons (Fsp3) is 0.944. The van der Waals surface area contributed by atoms with E-state index in [9.17, 15) is 9.90 Å². The molecule has 0 aliphatic heterocycles. The summed E-state index contributed by atoms with van der Waals surface area (Å²) in [5, 5.41) is 19.4. The quantitative estimate of drug-likeness (QED) is 0.340. The number of aliphatic hydroxyl groups is 1. The minimum atomic E-state index is -1.34. The Balaban J connectivity index is 0. The maximum absolute atomic E-state index is 10.3. The first kappa shape index (κ1) is 24.7. The zero-order chi connectivity index (χ0) is 15.8. The summed E-state index contributed by atoms with van der Waals surface area (Å²) >= 11 is 0. The van der Waals surface area contributed by atoms with Crippen LogP contribution in [0, 0.1) is 0 Å². The van der Waals surface area contributed by atoms with Gasteiger partial charge in [-0.25, -0.2) is 0 Å². The number of rotatable bonds is 16. The zero-order valence-corrected chi connectivity index (χ0v) is 16.9. The van der Waals surface area contributed by atoms with Crippen molar-refractivity contribution in [3.05, 3.63) is 0 Å². The van der Waals surface area contributed by atoms with Gasteiger partial charge < -0.3 is 15.0 Å². The fourth-order valence-electron chi connectivity index (χ4n) is 2.65. The normalized spacial score (nSPS) is 11.9. The Labute approximate surface area is 159 Å². The van der Waals surface area contributed by atoms with Crippen molar-refractivity contribution in [1.29, 1.82) is 0 Å². The van der Waals surface area contributed by atoms with Gasteiger partial charge in [-0.05, 0) is 6.42 Å². The summed E-state index contributed by atoms with van der Waals surface area (Å²) in [6.45, 7) is 2.26. The first-order chi connectivity index (χ1) is 10.2. The van der Waals surface area contributed by atoms with Gasteiger partial charge in [-0.1, -0.05) is 96.8 Å². The average Bonchev–Trinajstić information content (AvgIpc) is 2.47. The molecule has 0 bridgehead atoms. The summed E-state index contributed by atoms with van der Waals surface area (Å²) in [6.07, 6.45) is 16.9. The standard InChI is InChI=1S/C18H36O3.Na/c1-2-3-4-5-6-7-8-9-10-11-12-13-14-15-16-17(19)18(20)21;/h17,19H,2-16H2,1H3,(H,20,21);/q;+1/p-1. The predicted octanol–water partition coefficient (Wildman–Crippen LogP) is 0.973. The summed E-state index contributed by atoms with van der Waals surface area (Å²) in [5.74, 6) is -1.34. The number of hydrogen-bond donors (Lipinski definition) is 1. The molecule has 0 saturated carbocycles. The molecule has 1 unspecified atom stereocenters. The topological polar surface area (TPSA) is 60.4 Å². The summed E-state index contributed by atoms with van der Waals surface area (Å²) in [6, 6.07) is 0. The van der Waals surface area contributed by atoms with Gasteiger partial charge in [0.15, 0.2) is 0 Å². The Hall–Kier alpha value is 0.430. The molecule has 1 N–H and O–H groups in total. The molecule has 0 aromatic heterocycles. The van der Waals surface area contributed by atoms with Crippen molar-refractivity contribution >= 4 is 5.97 Å². The third kappa shape index (κ3) is 18.5. The van der Waals surface area contributed by atoms with Crippen LogP contribution in [0.1, 0.15) is 103 Å². The minimum Gasteiger partial charge on any atom is -0.547 e. The van der Waals surface area contributed by atoms with Crippen molar-refractivity contribution < 1.29 is 44.6 Å². The minimum absolute atomic E-state index is 0. The molecule has 0 radical (unpaired) electrons. The van der Waals surface area contributed by atoms with Crippen LogP contribution < -0.4 is 34.7 Å². The Morgan fingerprint density at radius 2 is 1.09 bits per heavy atom. The number of carboxylic acids is 1. The van der Waals surface area contributed by atoms with Gasteiger partial charge in [0.25, 0.3) is 0 Å². The second-order valence-electron chi connectivity index (χ2n) is 6.22. The van der Waals surface area contributed by atoms with Gasteiger partial charge in [0, 0.05) is 0 Å². The molecule has 4 heteroatoms. The molecular formula is C18H35NaO3. The molecule has 0 saturated heterocycles. The smallest absolute Gasteiger partial charge is 0.547 e. The van der Waals surface area contributed by atoms with Crippen molar-refractivity contribution in [2.24, 2.45) is 0 Å². The molecule has 0 aromatic carbocycles. The van der Waals surface area contributed by atoms with E-state index in [1.807, 2.05) is 0 Å². The Morgan fingerprint density at radius 1 is 0.773 bits per heavy atom. The van der Waals surface area contributed by atoms with Crippen LogP contribution in [0.3, 0.4) is 0 Å². The monoisotopic (exact) mass is 322 g/mol. The van der Waals surface area contributed by atoms with E-state index < -0.39 is 12.1 Å². The van der Waals surface area contributed by atoms with Crippen LogP contribution >= 0.6 is 0 Å². The first-order valence-corrected chi connectivity index (χ1v) is 9.07. The van der Waals surface area contributed by atoms with Crippen molar-refractivity contribution in [2.75, 3.05) is 0 Å². The second kappa shape index (κ2) is 19.5. The molecule has 22 heavy (non-hydrogen) atoms. The summed E-state index contributed by atoms with van der Waals surface area (Å²) in [4.78, 5) is 10.3. The van der Waals surface area contributed by atoms with Crippen molar-refractivity contribution in [2.45, 2.75) is 109 Å². The van der Waals surface area contributed by atoms with Gasteiger partial charge in [-0.15, -0.1) is 0 Å². The number of aliphatic hydroxyl groups excluding tert-OH is 1. The summed E-state index contributed by atoms with van der Waals surface area (Å²) < 4.78 is 0. The molecule has 0 heterocycles. The fourth-order valence-corrected chi connectivity index (χ4v) is 2.65. The number of aliphatic carboxylic acids is 1. The Kier molecular flexibility index (Phi) is 21.8. The third-order valence-electron chi connectivity index (χ3n) is 4.10. The molecule has 0 aliphatic carbocycles. The average molecular weight is 322 g/mol. The van der Waals surface area contributed by atoms with Crippen LogP contribution in [0.2, 0.25) is 0 Å². The van der Waals surface area contributed by atoms with Gasteiger partial charge in [-0.3, -0.25) is 0 Å². The van der Waals surface area contributed by atoms with E-state index in [1.165, 1.54) is 70.6 Å². The van der Waals surface area contributed by atoms with Crippen LogP contribution in [0.5, 0.6) is 0 Å². The number of carbonyl (C=O) groups is 1. The number of unbranched alkanes of at least 4 members (excludes halogenated alkanes) is 13. The molecule has 0 amide bonds. The van der Waals surface area contributed by atoms with E-state index in [4.69, 9.17) is 5.11 Å². The van der Waals surface area contributed by atoms with Gasteiger partial charge in [-0.2, -0.15) is 0 Å². The van der Waals surface area contributed by atoms with E-state index in [-0.39, 0.29) is 29.6 Å². The first-order valence-electron chi connectivity index (χ1n) is 9.07. The molecule has 0 aromatic rings. The molecule has 0 rings (SSSR count). The number of carboxylic acid groups (broad SMARTS) is 1. The number of carbonyl (C=O) groups excluding carboxylic acids is 1. The van der Waals surface area contributed by atoms with Crippen LogP contribution in [0.25, 0.3) is 0 Å². The Bertz CT molecular complexity index is 234. The maximum Gasteiger partial charge on any atom is 1.00 e. The maximum atomic E-state index is 10.3. The van der Waals surface area contributed by atoms with Gasteiger partial charge in [0.1, 0.15) is 0 Å². The van der Waals surface area contributed by atoms with Crippen LogP contribution in [0.15, 0.2) is 0 Å². The SMILES string of the molecule is CCCCCCCCCCCCCCCCC(O)C(=O)[O-].[Na+]. The van der Waals surface area contributed by atoms with E-state index in [1.54, 1.807) is 0 Å². The molecule has 0 spiro atoms. The Morgan fingerprint density at radius 3 is 1.41 bits per heavy atom. The molecule has 3 nitrogen and oxygen atoms in total. The van der Waals surface area contributed by atoms with E-state index >= 15 is 0 Å². The van der Waals surface area contributed by atoms with Crippen LogP contribution in [-0.4, -0.2) is 17.2 Å². The van der Waals surface area contributed by atoms with E-state index in [0.29, 0.717) is 6.42 Å². The summed E-state index contributed by atoms with van der Waals surface area (Å²) in [7, 11) is 0.